The molecule has 0 aliphatic carbocycles. The summed E-state index contributed by atoms with van der Waals surface area (Å²) in [6.45, 7) is 2.28. The summed E-state index contributed by atoms with van der Waals surface area (Å²) in [5, 5.41) is 21.3. The van der Waals surface area contributed by atoms with Crippen molar-refractivity contribution < 1.29 is 24.1 Å². The van der Waals surface area contributed by atoms with E-state index in [-0.39, 0.29) is 5.75 Å². The lowest BCUT2D eigenvalue weighted by molar-refractivity contribution is 0.318. The molecule has 0 aliphatic rings. The average molecular weight is 430 g/mol. The van der Waals surface area contributed by atoms with E-state index in [0.29, 0.717) is 45.8 Å². The van der Waals surface area contributed by atoms with Gasteiger partial charge in [-0.1, -0.05) is 0 Å². The number of methoxy groups -OCH3 is 3. The van der Waals surface area contributed by atoms with E-state index in [1.807, 2.05) is 6.92 Å². The number of hydrogen-bond donors (Lipinski definition) is 2. The number of rotatable bonds is 8. The molecule has 3 rings (SSSR count). The molecule has 0 bridgehead atoms. The van der Waals surface area contributed by atoms with Crippen LogP contribution in [0.5, 0.6) is 28.7 Å². The predicted octanol–water partition coefficient (Wildman–Crippen LogP) is 3.62. The Morgan fingerprint density at radius 3 is 2.40 bits per heavy atom. The van der Waals surface area contributed by atoms with Gasteiger partial charge >= 0.3 is 0 Å². The van der Waals surface area contributed by atoms with Crippen LogP contribution in [0.1, 0.15) is 12.5 Å². The summed E-state index contributed by atoms with van der Waals surface area (Å²) in [4.78, 5) is 0. The van der Waals surface area contributed by atoms with Crippen LogP contribution in [0, 0.1) is 4.77 Å². The summed E-state index contributed by atoms with van der Waals surface area (Å²) in [5.41, 5.74) is 1.38. The van der Waals surface area contributed by atoms with E-state index in [2.05, 4.69) is 15.3 Å². The molecule has 30 heavy (non-hydrogen) atoms. The van der Waals surface area contributed by atoms with E-state index in [1.54, 1.807) is 36.5 Å². The molecule has 2 N–H and O–H groups in total. The summed E-state index contributed by atoms with van der Waals surface area (Å²) in [6.07, 6.45) is 1.59. The van der Waals surface area contributed by atoms with Crippen molar-refractivity contribution >= 4 is 18.4 Å². The first-order chi connectivity index (χ1) is 14.5. The van der Waals surface area contributed by atoms with E-state index in [0.717, 1.165) is 5.56 Å². The minimum atomic E-state index is 0.0621. The molecule has 3 aromatic rings. The Bertz CT molecular complexity index is 1100. The summed E-state index contributed by atoms with van der Waals surface area (Å²) in [6, 6.07) is 8.45. The van der Waals surface area contributed by atoms with Crippen LogP contribution in [-0.2, 0) is 0 Å². The number of aromatic amines is 1. The number of aromatic hydroxyl groups is 1. The Morgan fingerprint density at radius 2 is 1.80 bits per heavy atom. The first kappa shape index (κ1) is 21.2. The first-order valence-corrected chi connectivity index (χ1v) is 9.41. The lowest BCUT2D eigenvalue weighted by Gasteiger charge is -2.13. The van der Waals surface area contributed by atoms with Gasteiger partial charge < -0.3 is 24.1 Å². The zero-order valence-electron chi connectivity index (χ0n) is 17.0. The number of H-pyrrole nitrogens is 1. The quantitative estimate of drug-likeness (QED) is 0.416. The lowest BCUT2D eigenvalue weighted by atomic mass is 10.1. The number of benzene rings is 2. The van der Waals surface area contributed by atoms with E-state index in [1.165, 1.54) is 26.0 Å². The van der Waals surface area contributed by atoms with E-state index < -0.39 is 0 Å². The largest absolute Gasteiger partial charge is 0.504 e. The van der Waals surface area contributed by atoms with Crippen molar-refractivity contribution in [1.29, 1.82) is 0 Å². The Labute approximate surface area is 178 Å². The van der Waals surface area contributed by atoms with Crippen LogP contribution >= 0.6 is 12.2 Å². The fraction of sp³-hybridized carbons (Fsp3) is 0.250. The van der Waals surface area contributed by atoms with Crippen LogP contribution in [0.25, 0.3) is 11.4 Å². The van der Waals surface area contributed by atoms with Crippen LogP contribution < -0.4 is 18.9 Å². The molecule has 0 fully saturated rings. The van der Waals surface area contributed by atoms with Gasteiger partial charge in [0.2, 0.25) is 10.5 Å². The van der Waals surface area contributed by atoms with Gasteiger partial charge in [0.1, 0.15) is 0 Å². The molecular formula is C20H22N4O5S. The summed E-state index contributed by atoms with van der Waals surface area (Å²) in [5.74, 6) is 2.33. The average Bonchev–Trinajstić information content (AvgIpc) is 3.13. The normalized spacial score (nSPS) is 10.9. The monoisotopic (exact) mass is 430 g/mol. The Morgan fingerprint density at radius 1 is 1.10 bits per heavy atom. The number of phenolic OH excluding ortho intramolecular Hbond substituents is 1. The summed E-state index contributed by atoms with van der Waals surface area (Å²) < 4.78 is 23.4. The third-order valence-electron chi connectivity index (χ3n) is 4.18. The fourth-order valence-electron chi connectivity index (χ4n) is 2.80. The number of ether oxygens (including phenoxy) is 4. The molecule has 1 heterocycles. The van der Waals surface area contributed by atoms with Gasteiger partial charge in [-0.3, -0.25) is 0 Å². The minimum Gasteiger partial charge on any atom is -0.504 e. The van der Waals surface area contributed by atoms with Crippen LogP contribution in [0.2, 0.25) is 0 Å². The number of aromatic nitrogens is 3. The van der Waals surface area contributed by atoms with Crippen molar-refractivity contribution in [3.05, 3.63) is 40.7 Å². The van der Waals surface area contributed by atoms with Crippen LogP contribution in [-0.4, -0.2) is 54.1 Å². The molecule has 0 amide bonds. The van der Waals surface area contributed by atoms with Crippen LogP contribution in [0.3, 0.4) is 0 Å². The highest BCUT2D eigenvalue weighted by atomic mass is 32.1. The highest BCUT2D eigenvalue weighted by molar-refractivity contribution is 7.71. The molecule has 0 atom stereocenters. The smallest absolute Gasteiger partial charge is 0.216 e. The van der Waals surface area contributed by atoms with E-state index in [4.69, 9.17) is 31.2 Å². The van der Waals surface area contributed by atoms with E-state index in [9.17, 15) is 5.11 Å². The fourth-order valence-corrected chi connectivity index (χ4v) is 2.98. The molecule has 0 aliphatic heterocycles. The lowest BCUT2D eigenvalue weighted by Crippen LogP contribution is -1.99. The molecule has 0 saturated heterocycles. The van der Waals surface area contributed by atoms with Gasteiger partial charge in [0.25, 0.3) is 0 Å². The Kier molecular flexibility index (Phi) is 6.58. The highest BCUT2D eigenvalue weighted by Gasteiger charge is 2.17. The van der Waals surface area contributed by atoms with Crippen molar-refractivity contribution in [2.75, 3.05) is 27.9 Å². The molecule has 0 saturated carbocycles. The van der Waals surface area contributed by atoms with Gasteiger partial charge in [-0.05, 0) is 55.0 Å². The maximum Gasteiger partial charge on any atom is 0.216 e. The molecule has 0 unspecified atom stereocenters. The van der Waals surface area contributed by atoms with Crippen molar-refractivity contribution in [3.63, 3.8) is 0 Å². The van der Waals surface area contributed by atoms with Gasteiger partial charge in [0, 0.05) is 5.56 Å². The van der Waals surface area contributed by atoms with Crippen molar-refractivity contribution in [1.82, 2.24) is 14.9 Å². The van der Waals surface area contributed by atoms with Gasteiger partial charge in [0.05, 0.1) is 34.2 Å². The third-order valence-corrected chi connectivity index (χ3v) is 4.44. The van der Waals surface area contributed by atoms with Crippen molar-refractivity contribution in [2.45, 2.75) is 6.92 Å². The number of phenols is 1. The molecule has 2 aromatic carbocycles. The molecule has 9 nitrogen and oxygen atoms in total. The highest BCUT2D eigenvalue weighted by Crippen LogP contribution is 2.40. The second-order valence-corrected chi connectivity index (χ2v) is 6.37. The first-order valence-electron chi connectivity index (χ1n) is 9.00. The minimum absolute atomic E-state index is 0.0621. The van der Waals surface area contributed by atoms with Gasteiger partial charge in [-0.2, -0.15) is 14.9 Å². The van der Waals surface area contributed by atoms with Crippen molar-refractivity contribution in [2.24, 2.45) is 5.10 Å². The molecule has 0 radical (unpaired) electrons. The molecular weight excluding hydrogens is 408 g/mol. The van der Waals surface area contributed by atoms with E-state index >= 15 is 0 Å². The third kappa shape index (κ3) is 4.23. The molecule has 10 heteroatoms. The molecule has 1 aromatic heterocycles. The number of nitrogens with zero attached hydrogens (tertiary/aromatic N) is 3. The van der Waals surface area contributed by atoms with Gasteiger partial charge in [0.15, 0.2) is 28.8 Å². The SMILES string of the molecule is CCOc1cc(C=Nn2c(-c3cc(OC)c(OC)c(OC)c3)n[nH]c2=S)ccc1O. The second-order valence-electron chi connectivity index (χ2n) is 5.98. The number of nitrogens with one attached hydrogen (secondary N) is 1. The second kappa shape index (κ2) is 9.31. The van der Waals surface area contributed by atoms with Crippen LogP contribution in [0.15, 0.2) is 35.4 Å². The summed E-state index contributed by atoms with van der Waals surface area (Å²) in [7, 11) is 4.61. The zero-order valence-corrected chi connectivity index (χ0v) is 17.8. The predicted molar refractivity (Wildman–Crippen MR) is 115 cm³/mol. The van der Waals surface area contributed by atoms with Crippen LogP contribution in [0.4, 0.5) is 0 Å². The van der Waals surface area contributed by atoms with Gasteiger partial charge in [-0.15, -0.1) is 0 Å². The Hall–Kier alpha value is -3.53. The Balaban J connectivity index is 2.03. The van der Waals surface area contributed by atoms with Gasteiger partial charge in [-0.25, -0.2) is 5.10 Å². The zero-order chi connectivity index (χ0) is 21.7. The van der Waals surface area contributed by atoms with Crippen molar-refractivity contribution in [3.8, 4) is 40.1 Å². The molecule has 0 spiro atoms. The maximum atomic E-state index is 9.86. The molecule has 158 valence electrons. The summed E-state index contributed by atoms with van der Waals surface area (Å²) >= 11 is 5.33. The topological polar surface area (TPSA) is 103 Å². The maximum absolute atomic E-state index is 9.86. The standard InChI is InChI=1S/C20H22N4O5S/c1-5-29-15-8-12(6-7-14(15)25)11-21-24-19(22-23-20(24)30)13-9-16(26-2)18(28-4)17(10-13)27-3/h6-11,25H,5H2,1-4H3,(H,23,30). The number of hydrogen-bond acceptors (Lipinski definition) is 8.